The van der Waals surface area contributed by atoms with Crippen molar-refractivity contribution in [2.75, 3.05) is 43.8 Å². The second-order valence-corrected chi connectivity index (χ2v) is 10.9. The highest BCUT2D eigenvalue weighted by Gasteiger charge is 2.23. The van der Waals surface area contributed by atoms with E-state index in [4.69, 9.17) is 4.74 Å². The summed E-state index contributed by atoms with van der Waals surface area (Å²) in [6.07, 6.45) is 0.754. The van der Waals surface area contributed by atoms with Crippen LogP contribution in [0.5, 0.6) is 5.88 Å². The van der Waals surface area contributed by atoms with Crippen molar-refractivity contribution in [1.29, 1.82) is 10.5 Å². The maximum absolute atomic E-state index is 12.5. The summed E-state index contributed by atoms with van der Waals surface area (Å²) in [5.41, 5.74) is 4.84. The van der Waals surface area contributed by atoms with E-state index in [9.17, 15) is 23.7 Å². The Balaban J connectivity index is 1.83. The quantitative estimate of drug-likeness (QED) is 0.486. The molecule has 1 fully saturated rings. The molecule has 13 heteroatoms. The molecular formula is C23H27N7O4S2. The average molecular weight is 530 g/mol. The Hall–Kier alpha value is -3.36. The molecule has 3 rings (SSSR count). The average Bonchev–Trinajstić information content (AvgIpc) is 2.86. The van der Waals surface area contributed by atoms with Gasteiger partial charge in [0.1, 0.15) is 22.7 Å². The van der Waals surface area contributed by atoms with Gasteiger partial charge in [0.05, 0.1) is 17.5 Å². The minimum absolute atomic E-state index is 0.0574. The number of piperazine rings is 1. The van der Waals surface area contributed by atoms with Gasteiger partial charge in [0, 0.05) is 39.0 Å². The van der Waals surface area contributed by atoms with E-state index in [1.807, 2.05) is 13.0 Å². The smallest absolute Gasteiger partial charge is 0.389 e. The fourth-order valence-corrected chi connectivity index (χ4v) is 4.97. The van der Waals surface area contributed by atoms with Crippen LogP contribution >= 0.6 is 11.8 Å². The summed E-state index contributed by atoms with van der Waals surface area (Å²) in [5, 5.41) is 24.8. The van der Waals surface area contributed by atoms with Crippen molar-refractivity contribution in [2.45, 2.75) is 24.1 Å². The molecular weight excluding hydrogens is 502 g/mol. The van der Waals surface area contributed by atoms with E-state index >= 15 is 0 Å². The summed E-state index contributed by atoms with van der Waals surface area (Å²) in [7, 11) is -1.89. The Morgan fingerprint density at radius 1 is 1.22 bits per heavy atom. The van der Waals surface area contributed by atoms with Crippen LogP contribution in [-0.2, 0) is 22.2 Å². The molecule has 1 aromatic heterocycles. The number of carbonyl (C=O) groups is 1. The molecule has 0 aliphatic carbocycles. The van der Waals surface area contributed by atoms with Crippen molar-refractivity contribution in [2.24, 2.45) is 0 Å². The maximum atomic E-state index is 12.5. The van der Waals surface area contributed by atoms with Crippen molar-refractivity contribution in [3.63, 3.8) is 0 Å². The number of hydrazine groups is 1. The van der Waals surface area contributed by atoms with E-state index in [1.54, 1.807) is 29.3 Å². The fraction of sp³-hybridized carbons (Fsp3) is 0.391. The Morgan fingerprint density at radius 3 is 2.42 bits per heavy atom. The zero-order valence-electron chi connectivity index (χ0n) is 20.2. The van der Waals surface area contributed by atoms with Gasteiger partial charge in [0.15, 0.2) is 0 Å². The first kappa shape index (κ1) is 27.2. The van der Waals surface area contributed by atoms with Gasteiger partial charge in [0.2, 0.25) is 15.9 Å². The van der Waals surface area contributed by atoms with Crippen molar-refractivity contribution in [3.05, 3.63) is 46.5 Å². The second kappa shape index (κ2) is 12.1. The van der Waals surface area contributed by atoms with Gasteiger partial charge in [-0.2, -0.15) is 10.5 Å². The molecule has 0 unspecified atom stereocenters. The first-order valence-corrected chi connectivity index (χ1v) is 14.0. The van der Waals surface area contributed by atoms with Crippen LogP contribution in [0, 0.1) is 22.7 Å². The lowest BCUT2D eigenvalue weighted by Gasteiger charge is -2.26. The van der Waals surface area contributed by atoms with Gasteiger partial charge in [-0.25, -0.2) is 23.2 Å². The summed E-state index contributed by atoms with van der Waals surface area (Å²) < 4.78 is 30.1. The molecule has 2 heterocycles. The summed E-state index contributed by atoms with van der Waals surface area (Å²) in [4.78, 5) is 16.9. The van der Waals surface area contributed by atoms with Crippen molar-refractivity contribution >= 4 is 33.6 Å². The molecule has 1 aliphatic rings. The fourth-order valence-electron chi connectivity index (χ4n) is 3.51. The Morgan fingerprint density at radius 2 is 1.86 bits per heavy atom. The predicted molar refractivity (Wildman–Crippen MR) is 136 cm³/mol. The molecule has 1 aromatic carbocycles. The number of nitrogens with one attached hydrogen (secondary N) is 2. The van der Waals surface area contributed by atoms with Crippen LogP contribution in [0.1, 0.15) is 29.2 Å². The van der Waals surface area contributed by atoms with E-state index < -0.39 is 16.1 Å². The minimum atomic E-state index is -3.37. The number of benzene rings is 1. The molecule has 190 valence electrons. The zero-order chi connectivity index (χ0) is 26.3. The molecule has 36 heavy (non-hydrogen) atoms. The molecule has 0 radical (unpaired) electrons. The van der Waals surface area contributed by atoms with E-state index in [2.05, 4.69) is 21.8 Å². The molecule has 2 N–H and O–H groups in total. The van der Waals surface area contributed by atoms with Gasteiger partial charge >= 0.3 is 6.09 Å². The summed E-state index contributed by atoms with van der Waals surface area (Å²) in [6, 6.07) is 11.1. The van der Waals surface area contributed by atoms with Crippen LogP contribution in [0.15, 0.2) is 29.3 Å². The lowest BCUT2D eigenvalue weighted by atomic mass is 10.0. The summed E-state index contributed by atoms with van der Waals surface area (Å²) >= 11 is 1.26. The Labute approximate surface area is 215 Å². The number of nitriles is 2. The number of hydrogen-bond acceptors (Lipinski definition) is 10. The van der Waals surface area contributed by atoms with Crippen LogP contribution < -0.4 is 19.8 Å². The van der Waals surface area contributed by atoms with Crippen LogP contribution in [0.3, 0.4) is 0 Å². The molecule has 1 aliphatic heterocycles. The van der Waals surface area contributed by atoms with Crippen LogP contribution in [0.25, 0.3) is 0 Å². The second-order valence-electron chi connectivity index (χ2n) is 7.95. The number of rotatable bonds is 8. The number of ether oxygens (including phenoxy) is 1. The SMILES string of the molecule is CCc1c(C#N)c(OC(=O)NN2CCNCC2)nc(SCc2ccc(N(C)S(C)(=O)=O)cc2)c1C#N. The molecule has 1 saturated heterocycles. The van der Waals surface area contributed by atoms with Gasteiger partial charge in [-0.1, -0.05) is 19.1 Å². The van der Waals surface area contributed by atoms with Crippen molar-refractivity contribution < 1.29 is 17.9 Å². The molecule has 11 nitrogen and oxygen atoms in total. The summed E-state index contributed by atoms with van der Waals surface area (Å²) in [6.45, 7) is 4.49. The third kappa shape index (κ3) is 6.65. The number of thioether (sulfide) groups is 1. The van der Waals surface area contributed by atoms with E-state index in [1.165, 1.54) is 23.1 Å². The topological polar surface area (TPSA) is 151 Å². The number of carbonyl (C=O) groups excluding carboxylic acids is 1. The van der Waals surface area contributed by atoms with Crippen molar-refractivity contribution in [1.82, 2.24) is 20.7 Å². The van der Waals surface area contributed by atoms with Gasteiger partial charge in [-0.15, -0.1) is 11.8 Å². The van der Waals surface area contributed by atoms with E-state index in [0.717, 1.165) is 24.9 Å². The molecule has 1 amide bonds. The number of pyridine rings is 1. The van der Waals surface area contributed by atoms with Gasteiger partial charge in [-0.05, 0) is 29.7 Å². The van der Waals surface area contributed by atoms with E-state index in [-0.39, 0.29) is 17.0 Å². The lowest BCUT2D eigenvalue weighted by molar-refractivity contribution is 0.133. The normalized spacial score (nSPS) is 13.9. The maximum Gasteiger partial charge on any atom is 0.428 e. The van der Waals surface area contributed by atoms with E-state index in [0.29, 0.717) is 41.5 Å². The van der Waals surface area contributed by atoms with Crippen LogP contribution in [0.4, 0.5) is 10.5 Å². The van der Waals surface area contributed by atoms with Gasteiger partial charge < -0.3 is 10.1 Å². The Kier molecular flexibility index (Phi) is 9.12. The molecule has 2 aromatic rings. The largest absolute Gasteiger partial charge is 0.428 e. The highest BCUT2D eigenvalue weighted by Crippen LogP contribution is 2.33. The zero-order valence-corrected chi connectivity index (χ0v) is 21.9. The highest BCUT2D eigenvalue weighted by molar-refractivity contribution is 7.98. The van der Waals surface area contributed by atoms with Gasteiger partial charge in [-0.3, -0.25) is 9.73 Å². The number of amides is 1. The molecule has 0 saturated carbocycles. The first-order chi connectivity index (χ1) is 17.2. The van der Waals surface area contributed by atoms with Crippen molar-refractivity contribution in [3.8, 4) is 18.0 Å². The highest BCUT2D eigenvalue weighted by atomic mass is 32.2. The molecule has 0 bridgehead atoms. The number of sulfonamides is 1. The molecule has 0 atom stereocenters. The van der Waals surface area contributed by atoms with Crippen LogP contribution in [-0.4, -0.2) is 64.0 Å². The predicted octanol–water partition coefficient (Wildman–Crippen LogP) is 1.98. The first-order valence-electron chi connectivity index (χ1n) is 11.1. The standard InChI is InChI=1S/C23H27N7O4S2/c1-4-18-19(13-24)21(34-23(31)28-30-11-9-26-10-12-30)27-22(20(18)14-25)35-15-16-5-7-17(8-6-16)29(2)36(3,32)33/h5-8,26H,4,9-12,15H2,1-3H3,(H,28,31). The summed E-state index contributed by atoms with van der Waals surface area (Å²) in [5.74, 6) is 0.278. The number of aromatic nitrogens is 1. The third-order valence-corrected chi connectivity index (χ3v) is 7.79. The van der Waals surface area contributed by atoms with Gasteiger partial charge in [0.25, 0.3) is 0 Å². The minimum Gasteiger partial charge on any atom is -0.389 e. The lowest BCUT2D eigenvalue weighted by Crippen LogP contribution is -2.52. The number of hydrogen-bond donors (Lipinski definition) is 2. The Bertz CT molecular complexity index is 1300. The number of nitrogens with zero attached hydrogens (tertiary/aromatic N) is 5. The third-order valence-electron chi connectivity index (χ3n) is 5.54. The van der Waals surface area contributed by atoms with Crippen LogP contribution in [0.2, 0.25) is 0 Å². The number of anilines is 1. The monoisotopic (exact) mass is 529 g/mol. The molecule has 0 spiro atoms.